The van der Waals surface area contributed by atoms with Gasteiger partial charge in [0.05, 0.1) is 10.7 Å². The van der Waals surface area contributed by atoms with Crippen molar-refractivity contribution in [3.8, 4) is 0 Å². The van der Waals surface area contributed by atoms with E-state index in [1.165, 1.54) is 11.0 Å². The Balaban J connectivity index is 1.53. The lowest BCUT2D eigenvalue weighted by Gasteiger charge is -2.33. The van der Waals surface area contributed by atoms with Crippen LogP contribution < -0.4 is 10.2 Å². The van der Waals surface area contributed by atoms with E-state index in [2.05, 4.69) is 20.4 Å². The van der Waals surface area contributed by atoms with E-state index in [1.807, 2.05) is 11.8 Å². The van der Waals surface area contributed by atoms with E-state index in [0.29, 0.717) is 48.5 Å². The van der Waals surface area contributed by atoms with Gasteiger partial charge in [0, 0.05) is 32.9 Å². The van der Waals surface area contributed by atoms with Gasteiger partial charge in [-0.15, -0.1) is 0 Å². The Morgan fingerprint density at radius 2 is 2.12 bits per heavy atom. The molecule has 26 heavy (non-hydrogen) atoms. The number of carbonyl (C=O) groups is 1. The van der Waals surface area contributed by atoms with Crippen LogP contribution in [-0.4, -0.2) is 45.3 Å². The number of anilines is 1. The molecule has 0 unspecified atom stereocenters. The maximum absolute atomic E-state index is 14.4. The van der Waals surface area contributed by atoms with Gasteiger partial charge in [-0.2, -0.15) is 5.10 Å². The number of aromatic nitrogens is 4. The van der Waals surface area contributed by atoms with E-state index >= 15 is 0 Å². The average Bonchev–Trinajstić information content (AvgIpc) is 2.99. The van der Waals surface area contributed by atoms with E-state index in [9.17, 15) is 9.18 Å². The van der Waals surface area contributed by atoms with Crippen molar-refractivity contribution in [2.24, 2.45) is 13.0 Å². The van der Waals surface area contributed by atoms with Crippen molar-refractivity contribution in [1.29, 1.82) is 0 Å². The van der Waals surface area contributed by atoms with Crippen molar-refractivity contribution in [2.75, 3.05) is 24.5 Å². The number of hydrogen-bond acceptors (Lipinski definition) is 5. The zero-order chi connectivity index (χ0) is 18.7. The fourth-order valence-electron chi connectivity index (χ4n) is 3.15. The molecule has 9 heteroatoms. The Bertz CT molecular complexity index is 788. The van der Waals surface area contributed by atoms with Crippen molar-refractivity contribution in [1.82, 2.24) is 25.1 Å². The molecule has 0 aromatic carbocycles. The molecule has 0 aliphatic carbocycles. The minimum Gasteiger partial charge on any atom is -0.354 e. The Kier molecular flexibility index (Phi) is 5.70. The number of hydrogen-bond donors (Lipinski definition) is 1. The monoisotopic (exact) mass is 380 g/mol. The Morgan fingerprint density at radius 3 is 2.73 bits per heavy atom. The van der Waals surface area contributed by atoms with Gasteiger partial charge < -0.3 is 10.2 Å². The van der Waals surface area contributed by atoms with Crippen LogP contribution in [0.25, 0.3) is 0 Å². The maximum atomic E-state index is 14.4. The van der Waals surface area contributed by atoms with Gasteiger partial charge in [-0.3, -0.25) is 9.48 Å². The van der Waals surface area contributed by atoms with Crippen molar-refractivity contribution >= 4 is 23.3 Å². The summed E-state index contributed by atoms with van der Waals surface area (Å²) in [5.41, 5.74) is 0.679. The molecule has 140 valence electrons. The molecule has 0 atom stereocenters. The molecule has 0 spiro atoms. The molecule has 3 heterocycles. The summed E-state index contributed by atoms with van der Waals surface area (Å²) < 4.78 is 15.9. The summed E-state index contributed by atoms with van der Waals surface area (Å²) in [5.74, 6) is 0.104. The Labute approximate surface area is 156 Å². The average molecular weight is 381 g/mol. The number of rotatable bonds is 5. The molecule has 0 saturated carbocycles. The summed E-state index contributed by atoms with van der Waals surface area (Å²) in [6.07, 6.45) is 5.25. The molecule has 1 amide bonds. The highest BCUT2D eigenvalue weighted by molar-refractivity contribution is 6.33. The second kappa shape index (κ2) is 7.99. The van der Waals surface area contributed by atoms with E-state index in [0.717, 1.165) is 12.8 Å². The summed E-state index contributed by atoms with van der Waals surface area (Å²) in [6.45, 7) is 3.81. The van der Waals surface area contributed by atoms with Gasteiger partial charge in [0.1, 0.15) is 6.33 Å². The van der Waals surface area contributed by atoms with E-state index in [4.69, 9.17) is 11.6 Å². The number of carbonyl (C=O) groups excluding carboxylic acids is 1. The van der Waals surface area contributed by atoms with E-state index < -0.39 is 0 Å². The van der Waals surface area contributed by atoms with Crippen LogP contribution in [0.4, 0.5) is 10.2 Å². The zero-order valence-corrected chi connectivity index (χ0v) is 15.6. The summed E-state index contributed by atoms with van der Waals surface area (Å²) in [6, 6.07) is 0. The van der Waals surface area contributed by atoms with Crippen LogP contribution in [-0.2, 0) is 13.5 Å². The minimum atomic E-state index is -0.327. The molecule has 3 rings (SSSR count). The van der Waals surface area contributed by atoms with E-state index in [1.54, 1.807) is 13.2 Å². The van der Waals surface area contributed by atoms with Gasteiger partial charge in [-0.05, 0) is 25.2 Å². The lowest BCUT2D eigenvalue weighted by Crippen LogP contribution is -2.39. The standard InChI is InChI=1S/C17H22ClFN6O/c1-3-13-14(19)16(22-10-21-13)25-6-4-11(5-7-25)8-20-17(26)15-12(18)9-24(2)23-15/h9-11H,3-8H2,1-2H3,(H,20,26). The molecule has 1 fully saturated rings. The van der Waals surface area contributed by atoms with Crippen molar-refractivity contribution in [3.63, 3.8) is 0 Å². The van der Waals surface area contributed by atoms with E-state index in [-0.39, 0.29) is 17.4 Å². The molecule has 1 N–H and O–H groups in total. The summed E-state index contributed by atoms with van der Waals surface area (Å²) in [4.78, 5) is 22.2. The molecule has 0 bridgehead atoms. The fraction of sp³-hybridized carbons (Fsp3) is 0.529. The molecule has 2 aromatic heterocycles. The summed E-state index contributed by atoms with van der Waals surface area (Å²) in [5, 5.41) is 7.29. The summed E-state index contributed by atoms with van der Waals surface area (Å²) in [7, 11) is 1.72. The zero-order valence-electron chi connectivity index (χ0n) is 14.9. The molecule has 1 saturated heterocycles. The predicted molar refractivity (Wildman–Crippen MR) is 96.9 cm³/mol. The Hall–Kier alpha value is -2.22. The third-order valence-corrected chi connectivity index (χ3v) is 4.92. The van der Waals surface area contributed by atoms with Crippen molar-refractivity contribution < 1.29 is 9.18 Å². The first kappa shape index (κ1) is 18.6. The third kappa shape index (κ3) is 3.95. The highest BCUT2D eigenvalue weighted by atomic mass is 35.5. The van der Waals surface area contributed by atoms with Gasteiger partial charge in [0.25, 0.3) is 5.91 Å². The van der Waals surface area contributed by atoms with Gasteiger partial charge in [-0.1, -0.05) is 18.5 Å². The molecule has 1 aliphatic rings. The fourth-order valence-corrected chi connectivity index (χ4v) is 3.41. The number of amides is 1. The highest BCUT2D eigenvalue weighted by Gasteiger charge is 2.24. The lowest BCUT2D eigenvalue weighted by atomic mass is 9.96. The van der Waals surface area contributed by atoms with Gasteiger partial charge in [-0.25, -0.2) is 14.4 Å². The first-order chi connectivity index (χ1) is 12.5. The topological polar surface area (TPSA) is 75.9 Å². The maximum Gasteiger partial charge on any atom is 0.273 e. The Morgan fingerprint density at radius 1 is 1.38 bits per heavy atom. The van der Waals surface area contributed by atoms with Crippen LogP contribution in [0.15, 0.2) is 12.5 Å². The van der Waals surface area contributed by atoms with Crippen LogP contribution in [0.2, 0.25) is 5.02 Å². The number of nitrogens with one attached hydrogen (secondary N) is 1. The minimum absolute atomic E-state index is 0.238. The quantitative estimate of drug-likeness (QED) is 0.860. The second-order valence-corrected chi connectivity index (χ2v) is 6.86. The molecule has 7 nitrogen and oxygen atoms in total. The molecule has 0 radical (unpaired) electrons. The van der Waals surface area contributed by atoms with Gasteiger partial charge in [0.2, 0.25) is 0 Å². The van der Waals surface area contributed by atoms with Crippen LogP contribution in [0.3, 0.4) is 0 Å². The van der Waals surface area contributed by atoms with Crippen LogP contribution in [0.5, 0.6) is 0 Å². The molecule has 2 aromatic rings. The lowest BCUT2D eigenvalue weighted by molar-refractivity contribution is 0.0939. The predicted octanol–water partition coefficient (Wildman–Crippen LogP) is 2.21. The second-order valence-electron chi connectivity index (χ2n) is 6.45. The number of nitrogens with zero attached hydrogens (tertiary/aromatic N) is 5. The third-order valence-electron chi connectivity index (χ3n) is 4.64. The number of halogens is 2. The largest absolute Gasteiger partial charge is 0.354 e. The van der Waals surface area contributed by atoms with Gasteiger partial charge >= 0.3 is 0 Å². The van der Waals surface area contributed by atoms with Crippen LogP contribution in [0.1, 0.15) is 35.9 Å². The van der Waals surface area contributed by atoms with Crippen molar-refractivity contribution in [3.05, 3.63) is 34.8 Å². The SMILES string of the molecule is CCc1ncnc(N2CCC(CNC(=O)c3nn(C)cc3Cl)CC2)c1F. The van der Waals surface area contributed by atoms with Crippen LogP contribution >= 0.6 is 11.6 Å². The summed E-state index contributed by atoms with van der Waals surface area (Å²) >= 11 is 5.99. The van der Waals surface area contributed by atoms with Crippen molar-refractivity contribution in [2.45, 2.75) is 26.2 Å². The molecular weight excluding hydrogens is 359 g/mol. The molecule has 1 aliphatic heterocycles. The molecular formula is C17H22ClFN6O. The first-order valence-electron chi connectivity index (χ1n) is 8.71. The highest BCUT2D eigenvalue weighted by Crippen LogP contribution is 2.24. The first-order valence-corrected chi connectivity index (χ1v) is 9.09. The van der Waals surface area contributed by atoms with Gasteiger partial charge in [0.15, 0.2) is 17.3 Å². The number of piperidine rings is 1. The van der Waals surface area contributed by atoms with Crippen LogP contribution in [0, 0.1) is 11.7 Å². The number of aryl methyl sites for hydroxylation is 2. The smallest absolute Gasteiger partial charge is 0.273 e. The normalized spacial score (nSPS) is 15.3.